The van der Waals surface area contributed by atoms with E-state index in [1.165, 1.54) is 16.7 Å². The number of nitrogens with one attached hydrogen (secondary N) is 2. The topological polar surface area (TPSA) is 94.7 Å². The summed E-state index contributed by atoms with van der Waals surface area (Å²) in [7, 11) is 0. The van der Waals surface area contributed by atoms with Crippen LogP contribution < -0.4 is 0 Å². The van der Waals surface area contributed by atoms with Gasteiger partial charge in [0.2, 0.25) is 0 Å². The van der Waals surface area contributed by atoms with Gasteiger partial charge in [-0.1, -0.05) is 153 Å². The zero-order valence-electron chi connectivity index (χ0n) is 37.6. The van der Waals surface area contributed by atoms with Crippen LogP contribution in [0.15, 0.2) is 121 Å². The van der Waals surface area contributed by atoms with Gasteiger partial charge in [0, 0.05) is 49.9 Å². The average Bonchev–Trinajstić information content (AvgIpc) is 4.09. The van der Waals surface area contributed by atoms with Crippen LogP contribution in [0, 0.1) is 0 Å². The lowest BCUT2D eigenvalue weighted by Gasteiger charge is -2.19. The van der Waals surface area contributed by atoms with E-state index in [4.69, 9.17) is 9.97 Å². The summed E-state index contributed by atoms with van der Waals surface area (Å²) in [6, 6.07) is 41.9. The number of carbonyl (C=O) groups is 1. The summed E-state index contributed by atoms with van der Waals surface area (Å²) >= 11 is 0. The Morgan fingerprint density at radius 3 is 1.03 bits per heavy atom. The molecule has 0 fully saturated rings. The summed E-state index contributed by atoms with van der Waals surface area (Å²) in [5, 5.41) is 10.5. The van der Waals surface area contributed by atoms with E-state index in [0.29, 0.717) is 16.8 Å². The van der Waals surface area contributed by atoms with Crippen molar-refractivity contribution < 1.29 is 9.90 Å². The van der Waals surface area contributed by atoms with Gasteiger partial charge in [0.25, 0.3) is 0 Å². The number of nitrogens with zero attached hydrogens (tertiary/aromatic N) is 2. The van der Waals surface area contributed by atoms with Gasteiger partial charge in [0.05, 0.1) is 28.3 Å². The number of carboxylic acid groups (broad SMARTS) is 1. The molecule has 0 atom stereocenters. The molecule has 2 aliphatic heterocycles. The lowest BCUT2D eigenvalue weighted by atomic mass is 9.86. The highest BCUT2D eigenvalue weighted by Crippen LogP contribution is 2.40. The SMILES string of the molecule is CC(C)(C)c1ccc(-c2c3nc(c(-c4ccc(C(C)(C)C)cc4)c4ccc([nH]4)c(-c4ccccc4C(=O)O)c4nc(c(-c5ccc(C(C)(C)C)cc5)c5ccc2[nH]5)C=C4)C=C3)cc1. The molecule has 314 valence electrons. The number of hydrogen-bond donors (Lipinski definition) is 3. The minimum absolute atomic E-state index is 0.00108. The van der Waals surface area contributed by atoms with Crippen molar-refractivity contribution in [3.8, 4) is 44.5 Å². The van der Waals surface area contributed by atoms with Crippen molar-refractivity contribution in [2.24, 2.45) is 0 Å². The highest BCUT2D eigenvalue weighted by molar-refractivity contribution is 6.03. The monoisotopic (exact) mass is 826 g/mol. The van der Waals surface area contributed by atoms with E-state index in [1.54, 1.807) is 12.1 Å². The van der Waals surface area contributed by atoms with Gasteiger partial charge in [-0.15, -0.1) is 0 Å². The molecule has 0 spiro atoms. The number of aromatic carboxylic acids is 1. The molecular formula is C57H54N4O2. The Kier molecular flexibility index (Phi) is 10.1. The highest BCUT2D eigenvalue weighted by Gasteiger charge is 2.23. The third kappa shape index (κ3) is 7.87. The van der Waals surface area contributed by atoms with Gasteiger partial charge in [-0.2, -0.15) is 0 Å². The first kappa shape index (κ1) is 41.3. The summed E-state index contributed by atoms with van der Waals surface area (Å²) in [5.74, 6) is -1.01. The van der Waals surface area contributed by atoms with Gasteiger partial charge >= 0.3 is 5.97 Å². The fraction of sp³-hybridized carbons (Fsp3) is 0.211. The second-order valence-corrected chi connectivity index (χ2v) is 19.8. The van der Waals surface area contributed by atoms with Crippen molar-refractivity contribution in [3.05, 3.63) is 166 Å². The molecule has 0 aliphatic carbocycles. The maximum Gasteiger partial charge on any atom is 0.336 e. The maximum absolute atomic E-state index is 12.9. The number of hydrogen-bond acceptors (Lipinski definition) is 3. The zero-order valence-corrected chi connectivity index (χ0v) is 37.6. The molecule has 5 heterocycles. The molecule has 9 rings (SSSR count). The normalized spacial score (nSPS) is 12.8. The van der Waals surface area contributed by atoms with E-state index >= 15 is 0 Å². The van der Waals surface area contributed by atoms with Crippen molar-refractivity contribution in [3.63, 3.8) is 0 Å². The van der Waals surface area contributed by atoms with E-state index in [0.717, 1.165) is 72.5 Å². The minimum atomic E-state index is -1.01. The van der Waals surface area contributed by atoms with Gasteiger partial charge in [-0.3, -0.25) is 0 Å². The molecule has 3 aromatic heterocycles. The smallest absolute Gasteiger partial charge is 0.336 e. The van der Waals surface area contributed by atoms with Crippen LogP contribution in [0.4, 0.5) is 0 Å². The Balaban J connectivity index is 1.44. The molecule has 0 unspecified atom stereocenters. The Bertz CT molecular complexity index is 3100. The van der Waals surface area contributed by atoms with Crippen LogP contribution in [-0.4, -0.2) is 31.0 Å². The fourth-order valence-electron chi connectivity index (χ4n) is 8.70. The predicted molar refractivity (Wildman–Crippen MR) is 264 cm³/mol. The molecular weight excluding hydrogens is 773 g/mol. The third-order valence-corrected chi connectivity index (χ3v) is 12.3. The van der Waals surface area contributed by atoms with Crippen LogP contribution >= 0.6 is 0 Å². The molecule has 6 heteroatoms. The first-order valence-corrected chi connectivity index (χ1v) is 21.8. The number of fused-ring (bicyclic) bond motifs is 8. The third-order valence-electron chi connectivity index (χ3n) is 12.3. The largest absolute Gasteiger partial charge is 0.478 e. The minimum Gasteiger partial charge on any atom is -0.478 e. The van der Waals surface area contributed by atoms with Crippen molar-refractivity contribution in [1.29, 1.82) is 0 Å². The van der Waals surface area contributed by atoms with Crippen molar-refractivity contribution >= 4 is 52.3 Å². The van der Waals surface area contributed by atoms with Crippen LogP contribution in [0.5, 0.6) is 0 Å². The molecule has 2 aliphatic rings. The van der Waals surface area contributed by atoms with Crippen LogP contribution in [0.25, 0.3) is 90.9 Å². The van der Waals surface area contributed by atoms with E-state index < -0.39 is 5.97 Å². The standard InChI is InChI=1S/C57H54N4O2/c1-55(2,3)37-20-14-34(15-21-37)50-42-26-28-44(58-42)51(35-16-22-38(23-17-35)56(4,5)6)46-30-32-48(60-46)53(40-12-10-11-13-41(40)54(62)63)49-33-31-47(61-49)52(45-29-27-43(50)59-45)36-18-24-39(25-19-36)57(7,8)9/h10-33,58,61H,1-9H3,(H,62,63). The summed E-state index contributed by atoms with van der Waals surface area (Å²) in [4.78, 5) is 31.3. The Morgan fingerprint density at radius 2 is 0.714 bits per heavy atom. The molecule has 0 amide bonds. The van der Waals surface area contributed by atoms with Crippen LogP contribution in [0.3, 0.4) is 0 Å². The number of aromatic nitrogens is 4. The highest BCUT2D eigenvalue weighted by atomic mass is 16.4. The summed E-state index contributed by atoms with van der Waals surface area (Å²) in [6.07, 6.45) is 8.28. The number of carboxylic acids is 1. The number of aromatic amines is 2. The predicted octanol–water partition coefficient (Wildman–Crippen LogP) is 14.9. The van der Waals surface area contributed by atoms with Crippen molar-refractivity contribution in [1.82, 2.24) is 19.9 Å². The van der Waals surface area contributed by atoms with Gasteiger partial charge in [0.15, 0.2) is 0 Å². The molecule has 0 saturated carbocycles. The van der Waals surface area contributed by atoms with Crippen LogP contribution in [0.1, 0.15) is 112 Å². The number of benzene rings is 4. The van der Waals surface area contributed by atoms with Crippen LogP contribution in [0.2, 0.25) is 0 Å². The maximum atomic E-state index is 12.9. The lowest BCUT2D eigenvalue weighted by Crippen LogP contribution is -2.10. The molecule has 7 aromatic rings. The number of H-pyrrole nitrogens is 2. The van der Waals surface area contributed by atoms with E-state index in [9.17, 15) is 9.90 Å². The molecule has 63 heavy (non-hydrogen) atoms. The second-order valence-electron chi connectivity index (χ2n) is 19.8. The van der Waals surface area contributed by atoms with Gasteiger partial charge in [0.1, 0.15) is 0 Å². The number of rotatable bonds is 5. The van der Waals surface area contributed by atoms with E-state index in [2.05, 4.69) is 175 Å². The molecule has 6 nitrogen and oxygen atoms in total. The molecule has 3 N–H and O–H groups in total. The fourth-order valence-corrected chi connectivity index (χ4v) is 8.70. The first-order valence-electron chi connectivity index (χ1n) is 21.8. The quantitative estimate of drug-likeness (QED) is 0.161. The van der Waals surface area contributed by atoms with Crippen molar-refractivity contribution in [2.45, 2.75) is 78.6 Å². The Labute approximate surface area is 370 Å². The summed E-state index contributed by atoms with van der Waals surface area (Å²) < 4.78 is 0. The molecule has 4 aromatic carbocycles. The zero-order chi connectivity index (χ0) is 44.4. The molecule has 0 radical (unpaired) electrons. The van der Waals surface area contributed by atoms with Gasteiger partial charge in [-0.05, 0) is 104 Å². The average molecular weight is 827 g/mol. The molecule has 0 saturated heterocycles. The first-order chi connectivity index (χ1) is 29.9. The molecule has 8 bridgehead atoms. The summed E-state index contributed by atoms with van der Waals surface area (Å²) in [5.41, 5.74) is 17.6. The van der Waals surface area contributed by atoms with Crippen LogP contribution in [-0.2, 0) is 16.2 Å². The van der Waals surface area contributed by atoms with E-state index in [1.807, 2.05) is 30.4 Å². The second kappa shape index (κ2) is 15.4. The van der Waals surface area contributed by atoms with Gasteiger partial charge in [-0.25, -0.2) is 14.8 Å². The lowest BCUT2D eigenvalue weighted by molar-refractivity contribution is 0.0697. The van der Waals surface area contributed by atoms with E-state index in [-0.39, 0.29) is 21.8 Å². The Morgan fingerprint density at radius 1 is 0.413 bits per heavy atom. The van der Waals surface area contributed by atoms with Gasteiger partial charge < -0.3 is 15.1 Å². The Hall–Kier alpha value is -7.05. The summed E-state index contributed by atoms with van der Waals surface area (Å²) in [6.45, 7) is 20.0. The van der Waals surface area contributed by atoms with Crippen molar-refractivity contribution in [2.75, 3.05) is 0 Å².